The van der Waals surface area contributed by atoms with E-state index in [0.29, 0.717) is 5.69 Å². The van der Waals surface area contributed by atoms with Crippen molar-refractivity contribution in [1.82, 2.24) is 14.6 Å². The molecule has 2 aromatic rings. The van der Waals surface area contributed by atoms with Crippen LogP contribution >= 0.6 is 0 Å². The lowest BCUT2D eigenvalue weighted by Gasteiger charge is -2.01. The number of hydrogen-bond donors (Lipinski definition) is 1. The van der Waals surface area contributed by atoms with Gasteiger partial charge in [-0.2, -0.15) is 0 Å². The van der Waals surface area contributed by atoms with E-state index in [9.17, 15) is 9.59 Å². The minimum Gasteiger partial charge on any atom is -0.462 e. The van der Waals surface area contributed by atoms with Gasteiger partial charge < -0.3 is 9.47 Å². The van der Waals surface area contributed by atoms with Crippen LogP contribution in [0.15, 0.2) is 17.1 Å². The van der Waals surface area contributed by atoms with Gasteiger partial charge in [-0.25, -0.2) is 14.3 Å². The second-order valence-electron chi connectivity index (χ2n) is 3.59. The fourth-order valence-electron chi connectivity index (χ4n) is 1.61. The van der Waals surface area contributed by atoms with Crippen LogP contribution in [0.25, 0.3) is 5.65 Å². The number of nitrogens with zero attached hydrogens (tertiary/aromatic N) is 2. The number of carbonyl (C=O) groups is 1. The number of fused-ring (bicyclic) bond motifs is 1. The van der Waals surface area contributed by atoms with Gasteiger partial charge in [0.1, 0.15) is 5.56 Å². The molecule has 0 bridgehead atoms. The zero-order valence-corrected chi connectivity index (χ0v) is 10.1. The van der Waals surface area contributed by atoms with Crippen LogP contribution < -0.4 is 5.56 Å². The highest BCUT2D eigenvalue weighted by atomic mass is 16.5. The number of H-pyrrole nitrogens is 1. The average molecular weight is 251 g/mol. The van der Waals surface area contributed by atoms with Crippen molar-refractivity contribution in [2.75, 3.05) is 13.7 Å². The summed E-state index contributed by atoms with van der Waals surface area (Å²) in [7, 11) is 1.51. The Hall–Kier alpha value is -2.15. The zero-order valence-electron chi connectivity index (χ0n) is 10.1. The van der Waals surface area contributed by atoms with Crippen LogP contribution in [-0.2, 0) is 16.1 Å². The van der Waals surface area contributed by atoms with Crippen molar-refractivity contribution in [2.45, 2.75) is 13.5 Å². The van der Waals surface area contributed by atoms with E-state index in [1.54, 1.807) is 6.92 Å². The monoisotopic (exact) mass is 251 g/mol. The quantitative estimate of drug-likeness (QED) is 0.792. The van der Waals surface area contributed by atoms with Crippen molar-refractivity contribution in [2.24, 2.45) is 0 Å². The van der Waals surface area contributed by atoms with E-state index >= 15 is 0 Å². The molecule has 0 saturated heterocycles. The third kappa shape index (κ3) is 2.12. The van der Waals surface area contributed by atoms with Gasteiger partial charge in [0.05, 0.1) is 18.9 Å². The Morgan fingerprint density at radius 2 is 2.33 bits per heavy atom. The second kappa shape index (κ2) is 5.01. The molecule has 1 N–H and O–H groups in total. The van der Waals surface area contributed by atoms with Gasteiger partial charge in [-0.05, 0) is 6.92 Å². The van der Waals surface area contributed by atoms with Crippen molar-refractivity contribution < 1.29 is 14.3 Å². The topological polar surface area (TPSA) is 85.7 Å². The molecule has 7 nitrogen and oxygen atoms in total. The van der Waals surface area contributed by atoms with Gasteiger partial charge in [-0.15, -0.1) is 0 Å². The molecule has 0 amide bonds. The Morgan fingerprint density at radius 1 is 1.56 bits per heavy atom. The van der Waals surface area contributed by atoms with E-state index in [-0.39, 0.29) is 30.0 Å². The first kappa shape index (κ1) is 12.3. The first-order chi connectivity index (χ1) is 8.67. The third-order valence-corrected chi connectivity index (χ3v) is 2.34. The number of nitrogens with one attached hydrogen (secondary N) is 1. The number of rotatable bonds is 4. The summed E-state index contributed by atoms with van der Waals surface area (Å²) in [6.07, 6.45) is 1.40. The Morgan fingerprint density at radius 3 is 3.00 bits per heavy atom. The van der Waals surface area contributed by atoms with Crippen molar-refractivity contribution in [1.29, 1.82) is 0 Å². The normalized spacial score (nSPS) is 10.8. The van der Waals surface area contributed by atoms with E-state index in [1.165, 1.54) is 23.9 Å². The largest absolute Gasteiger partial charge is 0.462 e. The lowest BCUT2D eigenvalue weighted by molar-refractivity contribution is 0.0528. The molecule has 0 atom stereocenters. The first-order valence-corrected chi connectivity index (χ1v) is 5.43. The van der Waals surface area contributed by atoms with Crippen molar-refractivity contribution in [3.05, 3.63) is 33.9 Å². The number of ether oxygens (including phenoxy) is 2. The highest BCUT2D eigenvalue weighted by Crippen LogP contribution is 2.08. The summed E-state index contributed by atoms with van der Waals surface area (Å²) in [5.74, 6) is -0.516. The van der Waals surface area contributed by atoms with E-state index < -0.39 is 5.97 Å². The Balaban J connectivity index is 2.56. The predicted octanol–water partition coefficient (Wildman–Crippen LogP) is 0.346. The lowest BCUT2D eigenvalue weighted by atomic mass is 10.3. The van der Waals surface area contributed by atoms with Gasteiger partial charge in [0.25, 0.3) is 5.56 Å². The van der Waals surface area contributed by atoms with Gasteiger partial charge in [0, 0.05) is 19.4 Å². The summed E-state index contributed by atoms with van der Waals surface area (Å²) in [6.45, 7) is 2.18. The standard InChI is InChI=1S/C11H13N3O4/c1-3-18-11(16)8-5-12-14-9(15)4-7(6-17-2)13-10(8)14/h4-5,12H,3,6H2,1-2H3. The first-order valence-electron chi connectivity index (χ1n) is 5.43. The number of methoxy groups -OCH3 is 1. The van der Waals surface area contributed by atoms with Crippen LogP contribution in [0.5, 0.6) is 0 Å². The third-order valence-electron chi connectivity index (χ3n) is 2.34. The molecule has 0 aliphatic heterocycles. The summed E-state index contributed by atoms with van der Waals surface area (Å²) in [6, 6.07) is 1.35. The van der Waals surface area contributed by atoms with Gasteiger partial charge >= 0.3 is 5.97 Å². The maximum Gasteiger partial charge on any atom is 0.343 e. The van der Waals surface area contributed by atoms with Crippen LogP contribution in [0.2, 0.25) is 0 Å². The molecule has 0 spiro atoms. The molecular weight excluding hydrogens is 238 g/mol. The van der Waals surface area contributed by atoms with Crippen LogP contribution in [0, 0.1) is 0 Å². The second-order valence-corrected chi connectivity index (χ2v) is 3.59. The summed E-state index contributed by atoms with van der Waals surface area (Å²) in [5.41, 5.74) is 0.634. The summed E-state index contributed by atoms with van der Waals surface area (Å²) in [5, 5.41) is 2.67. The number of aromatic nitrogens is 3. The molecule has 0 unspecified atom stereocenters. The number of aromatic amines is 1. The minimum atomic E-state index is -0.516. The maximum atomic E-state index is 11.8. The van der Waals surface area contributed by atoms with Gasteiger partial charge in [0.15, 0.2) is 5.65 Å². The summed E-state index contributed by atoms with van der Waals surface area (Å²) < 4.78 is 11.0. The molecular formula is C11H13N3O4. The molecule has 0 aromatic carbocycles. The molecule has 0 aliphatic rings. The molecule has 2 heterocycles. The van der Waals surface area contributed by atoms with Crippen molar-refractivity contribution in [3.63, 3.8) is 0 Å². The van der Waals surface area contributed by atoms with E-state index in [2.05, 4.69) is 10.1 Å². The van der Waals surface area contributed by atoms with Gasteiger partial charge in [0.2, 0.25) is 0 Å². The van der Waals surface area contributed by atoms with Crippen LogP contribution in [0.4, 0.5) is 0 Å². The number of hydrogen-bond acceptors (Lipinski definition) is 5. The van der Waals surface area contributed by atoms with Crippen molar-refractivity contribution >= 4 is 11.6 Å². The predicted molar refractivity (Wildman–Crippen MR) is 62.5 cm³/mol. The van der Waals surface area contributed by atoms with E-state index in [1.807, 2.05) is 0 Å². The molecule has 7 heteroatoms. The average Bonchev–Trinajstić information content (AvgIpc) is 2.74. The van der Waals surface area contributed by atoms with E-state index in [4.69, 9.17) is 9.47 Å². The number of esters is 1. The lowest BCUT2D eigenvalue weighted by Crippen LogP contribution is -2.16. The van der Waals surface area contributed by atoms with Crippen LogP contribution in [-0.4, -0.2) is 34.3 Å². The SMILES string of the molecule is CCOC(=O)c1c[nH]n2c(=O)cc(COC)nc12. The maximum absolute atomic E-state index is 11.8. The molecule has 18 heavy (non-hydrogen) atoms. The molecule has 0 radical (unpaired) electrons. The van der Waals surface area contributed by atoms with Gasteiger partial charge in [-0.1, -0.05) is 0 Å². The molecule has 2 rings (SSSR count). The molecule has 2 aromatic heterocycles. The molecule has 96 valence electrons. The molecule has 0 fully saturated rings. The molecule has 0 saturated carbocycles. The Labute approximate surface area is 102 Å². The van der Waals surface area contributed by atoms with Gasteiger partial charge in [-0.3, -0.25) is 9.89 Å². The fraction of sp³-hybridized carbons (Fsp3) is 0.364. The number of carbonyl (C=O) groups excluding carboxylic acids is 1. The summed E-state index contributed by atoms with van der Waals surface area (Å²) >= 11 is 0. The Bertz CT molecular complexity index is 629. The molecule has 0 aliphatic carbocycles. The zero-order chi connectivity index (χ0) is 13.1. The minimum absolute atomic E-state index is 0.208. The highest BCUT2D eigenvalue weighted by Gasteiger charge is 2.16. The Kier molecular flexibility index (Phi) is 3.42. The summed E-state index contributed by atoms with van der Waals surface area (Å²) in [4.78, 5) is 27.6. The smallest absolute Gasteiger partial charge is 0.343 e. The van der Waals surface area contributed by atoms with Crippen molar-refractivity contribution in [3.8, 4) is 0 Å². The van der Waals surface area contributed by atoms with E-state index in [0.717, 1.165) is 0 Å². The van der Waals surface area contributed by atoms with Crippen LogP contribution in [0.3, 0.4) is 0 Å². The fourth-order valence-corrected chi connectivity index (χ4v) is 1.61. The van der Waals surface area contributed by atoms with Crippen LogP contribution in [0.1, 0.15) is 23.0 Å². The highest BCUT2D eigenvalue weighted by molar-refractivity contribution is 5.95.